The van der Waals surface area contributed by atoms with E-state index in [0.717, 1.165) is 51.6 Å². The van der Waals surface area contributed by atoms with Gasteiger partial charge in [0, 0.05) is 50.8 Å². The molecule has 2 fully saturated rings. The zero-order valence-corrected chi connectivity index (χ0v) is 23.6. The molecule has 0 saturated carbocycles. The van der Waals surface area contributed by atoms with Gasteiger partial charge in [-0.25, -0.2) is 8.42 Å². The van der Waals surface area contributed by atoms with Gasteiger partial charge in [-0.1, -0.05) is 0 Å². The van der Waals surface area contributed by atoms with E-state index in [9.17, 15) is 8.42 Å². The summed E-state index contributed by atoms with van der Waals surface area (Å²) >= 11 is 1.73. The average Bonchev–Trinajstić information content (AvgIpc) is 2.82. The largest absolute Gasteiger partial charge is 0.498 e. The predicted octanol–water partition coefficient (Wildman–Crippen LogP) is 2.48. The van der Waals surface area contributed by atoms with Crippen LogP contribution in [-0.2, 0) is 14.8 Å². The number of methoxy groups -OCH3 is 1. The standard InChI is InChI=1S/C25H42N4O4S2/c1-21-17-24(32-5)18-22(2)25(21)35(30,31)29-14-16-34-20-23(29)19-33-15-13-28-11-9-27(10-12-28)8-6-7-26(3)4/h17-19H,6-16,20H2,1-5H3/b23-19+. The number of thioether (sulfide) groups is 1. The first-order valence-corrected chi connectivity index (χ1v) is 15.0. The first-order chi connectivity index (χ1) is 16.7. The second-order valence-corrected chi connectivity index (χ2v) is 12.4. The second-order valence-electron chi connectivity index (χ2n) is 9.54. The molecule has 0 radical (unpaired) electrons. The molecule has 2 saturated heterocycles. The Labute approximate surface area is 216 Å². The van der Waals surface area contributed by atoms with Crippen LogP contribution in [0.2, 0.25) is 0 Å². The summed E-state index contributed by atoms with van der Waals surface area (Å²) in [5, 5.41) is 0. The van der Waals surface area contributed by atoms with Gasteiger partial charge in [-0.15, -0.1) is 0 Å². The van der Waals surface area contributed by atoms with Crippen molar-refractivity contribution in [3.05, 3.63) is 35.2 Å². The Morgan fingerprint density at radius 1 is 1.03 bits per heavy atom. The Morgan fingerprint density at radius 3 is 2.26 bits per heavy atom. The van der Waals surface area contributed by atoms with E-state index in [1.807, 2.05) is 13.8 Å². The molecular formula is C25H42N4O4S2. The maximum absolute atomic E-state index is 13.6. The second kappa shape index (κ2) is 13.2. The quantitative estimate of drug-likeness (QED) is 0.322. The van der Waals surface area contributed by atoms with Crippen LogP contribution in [-0.4, -0.2) is 119 Å². The SMILES string of the molecule is COc1cc(C)c(S(=O)(=O)N2CCSC/C2=C\OCCN2CCN(CCCN(C)C)CC2)c(C)c1. The molecule has 0 bridgehead atoms. The number of sulfonamides is 1. The third-order valence-electron chi connectivity index (χ3n) is 6.52. The lowest BCUT2D eigenvalue weighted by molar-refractivity contribution is 0.105. The molecule has 2 aliphatic heterocycles. The molecular weight excluding hydrogens is 484 g/mol. The molecule has 0 amide bonds. The molecule has 0 aromatic heterocycles. The number of aryl methyl sites for hydroxylation is 2. The number of ether oxygens (including phenoxy) is 2. The molecule has 2 aliphatic rings. The summed E-state index contributed by atoms with van der Waals surface area (Å²) in [7, 11) is 2.15. The van der Waals surface area contributed by atoms with Crippen LogP contribution in [0.3, 0.4) is 0 Å². The Morgan fingerprint density at radius 2 is 1.66 bits per heavy atom. The van der Waals surface area contributed by atoms with Crippen LogP contribution in [0.5, 0.6) is 5.75 Å². The number of hydrogen-bond acceptors (Lipinski definition) is 8. The normalized spacial score (nSPS) is 19.5. The summed E-state index contributed by atoms with van der Waals surface area (Å²) in [6.07, 6.45) is 2.87. The molecule has 8 nitrogen and oxygen atoms in total. The van der Waals surface area contributed by atoms with Crippen molar-refractivity contribution in [3.63, 3.8) is 0 Å². The number of piperazine rings is 1. The van der Waals surface area contributed by atoms with E-state index in [1.165, 1.54) is 10.7 Å². The first-order valence-electron chi connectivity index (χ1n) is 12.4. The predicted molar refractivity (Wildman–Crippen MR) is 144 cm³/mol. The van der Waals surface area contributed by atoms with Crippen molar-refractivity contribution >= 4 is 21.8 Å². The number of rotatable bonds is 11. The summed E-state index contributed by atoms with van der Waals surface area (Å²) in [5.41, 5.74) is 2.10. The lowest BCUT2D eigenvalue weighted by Crippen LogP contribution is -2.47. The smallest absolute Gasteiger partial charge is 0.264 e. The Kier molecular flexibility index (Phi) is 10.6. The fourth-order valence-electron chi connectivity index (χ4n) is 4.64. The molecule has 2 heterocycles. The van der Waals surface area contributed by atoms with Gasteiger partial charge in [0.05, 0.1) is 17.7 Å². The minimum absolute atomic E-state index is 0.361. The van der Waals surface area contributed by atoms with Gasteiger partial charge in [-0.3, -0.25) is 9.21 Å². The molecule has 0 N–H and O–H groups in total. The average molecular weight is 527 g/mol. The molecule has 35 heavy (non-hydrogen) atoms. The van der Waals surface area contributed by atoms with Gasteiger partial charge in [0.25, 0.3) is 10.0 Å². The van der Waals surface area contributed by atoms with Crippen molar-refractivity contribution in [2.45, 2.75) is 25.2 Å². The van der Waals surface area contributed by atoms with Crippen LogP contribution in [0.4, 0.5) is 0 Å². The van der Waals surface area contributed by atoms with Gasteiger partial charge in [-0.2, -0.15) is 11.8 Å². The van der Waals surface area contributed by atoms with E-state index < -0.39 is 10.0 Å². The van der Waals surface area contributed by atoms with E-state index in [-0.39, 0.29) is 0 Å². The summed E-state index contributed by atoms with van der Waals surface area (Å²) in [5.74, 6) is 2.06. The molecule has 1 aromatic rings. The number of nitrogens with zero attached hydrogens (tertiary/aromatic N) is 4. The zero-order valence-electron chi connectivity index (χ0n) is 22.0. The van der Waals surface area contributed by atoms with E-state index >= 15 is 0 Å². The molecule has 0 spiro atoms. The maximum atomic E-state index is 13.6. The van der Waals surface area contributed by atoms with Crippen LogP contribution >= 0.6 is 11.8 Å². The third kappa shape index (κ3) is 7.76. The van der Waals surface area contributed by atoms with Crippen molar-refractivity contribution in [2.75, 3.05) is 91.7 Å². The van der Waals surface area contributed by atoms with Crippen molar-refractivity contribution in [2.24, 2.45) is 0 Å². The molecule has 0 unspecified atom stereocenters. The van der Waals surface area contributed by atoms with Gasteiger partial charge in [-0.05, 0) is 70.7 Å². The summed E-state index contributed by atoms with van der Waals surface area (Å²) in [4.78, 5) is 7.56. The fourth-order valence-corrected chi connectivity index (χ4v) is 7.62. The molecule has 0 aliphatic carbocycles. The molecule has 1 aromatic carbocycles. The highest BCUT2D eigenvalue weighted by Gasteiger charge is 2.32. The summed E-state index contributed by atoms with van der Waals surface area (Å²) in [6.45, 7) is 12.1. The Balaban J connectivity index is 1.54. The third-order valence-corrected chi connectivity index (χ3v) is 9.64. The van der Waals surface area contributed by atoms with Crippen LogP contribution in [0.1, 0.15) is 17.5 Å². The van der Waals surface area contributed by atoms with Crippen LogP contribution in [0.25, 0.3) is 0 Å². The van der Waals surface area contributed by atoms with Gasteiger partial charge < -0.3 is 19.3 Å². The molecule has 198 valence electrons. The van der Waals surface area contributed by atoms with E-state index in [2.05, 4.69) is 28.8 Å². The topological polar surface area (TPSA) is 65.6 Å². The number of benzene rings is 1. The van der Waals surface area contributed by atoms with Crippen molar-refractivity contribution in [3.8, 4) is 5.75 Å². The first kappa shape index (κ1) is 28.1. The summed E-state index contributed by atoms with van der Waals surface area (Å²) < 4.78 is 40.0. The van der Waals surface area contributed by atoms with Crippen molar-refractivity contribution in [1.82, 2.24) is 19.0 Å². The Hall–Kier alpha value is -1.46. The van der Waals surface area contributed by atoms with Crippen molar-refractivity contribution < 1.29 is 17.9 Å². The molecule has 0 atom stereocenters. The van der Waals surface area contributed by atoms with Gasteiger partial charge in [0.1, 0.15) is 18.6 Å². The van der Waals surface area contributed by atoms with Gasteiger partial charge in [0.2, 0.25) is 0 Å². The highest BCUT2D eigenvalue weighted by atomic mass is 32.2. The Bertz CT molecular complexity index is 937. The zero-order chi connectivity index (χ0) is 25.4. The van der Waals surface area contributed by atoms with Gasteiger partial charge >= 0.3 is 0 Å². The van der Waals surface area contributed by atoms with E-state index in [1.54, 1.807) is 37.3 Å². The minimum atomic E-state index is -3.68. The lowest BCUT2D eigenvalue weighted by Gasteiger charge is -2.34. The highest BCUT2D eigenvalue weighted by Crippen LogP contribution is 2.32. The fraction of sp³-hybridized carbons (Fsp3) is 0.680. The van der Waals surface area contributed by atoms with Gasteiger partial charge in [0.15, 0.2) is 0 Å². The highest BCUT2D eigenvalue weighted by molar-refractivity contribution is 7.99. The lowest BCUT2D eigenvalue weighted by atomic mass is 10.1. The van der Waals surface area contributed by atoms with E-state index in [0.29, 0.717) is 46.4 Å². The minimum Gasteiger partial charge on any atom is -0.498 e. The van der Waals surface area contributed by atoms with Crippen LogP contribution in [0.15, 0.2) is 29.0 Å². The maximum Gasteiger partial charge on any atom is 0.264 e. The van der Waals surface area contributed by atoms with E-state index in [4.69, 9.17) is 9.47 Å². The summed E-state index contributed by atoms with van der Waals surface area (Å²) in [6, 6.07) is 3.56. The van der Waals surface area contributed by atoms with Crippen LogP contribution in [0, 0.1) is 13.8 Å². The van der Waals surface area contributed by atoms with Crippen LogP contribution < -0.4 is 4.74 Å². The monoisotopic (exact) mass is 526 g/mol. The number of hydrogen-bond donors (Lipinski definition) is 0. The molecule has 3 rings (SSSR count). The van der Waals surface area contributed by atoms with Crippen molar-refractivity contribution in [1.29, 1.82) is 0 Å². The molecule has 10 heteroatoms.